The van der Waals surface area contributed by atoms with Crippen molar-refractivity contribution < 1.29 is 13.2 Å². The molecule has 0 unspecified atom stereocenters. The Labute approximate surface area is 117 Å². The van der Waals surface area contributed by atoms with E-state index < -0.39 is 10.2 Å². The molecule has 0 saturated carbocycles. The van der Waals surface area contributed by atoms with E-state index in [1.165, 1.54) is 0 Å². The molecule has 1 aliphatic rings. The van der Waals surface area contributed by atoms with Crippen LogP contribution in [0.4, 0.5) is 0 Å². The predicted molar refractivity (Wildman–Crippen MR) is 76.3 cm³/mol. The molecule has 6 nitrogen and oxygen atoms in total. The van der Waals surface area contributed by atoms with Gasteiger partial charge in [-0.05, 0) is 45.7 Å². The number of rotatable bonds is 9. The van der Waals surface area contributed by atoms with Gasteiger partial charge < -0.3 is 10.1 Å². The molecule has 0 aromatic rings. The average molecular weight is 293 g/mol. The van der Waals surface area contributed by atoms with Gasteiger partial charge in [-0.1, -0.05) is 0 Å². The fourth-order valence-electron chi connectivity index (χ4n) is 2.25. The van der Waals surface area contributed by atoms with Crippen molar-refractivity contribution in [3.8, 4) is 0 Å². The second-order valence-corrected chi connectivity index (χ2v) is 6.61. The lowest BCUT2D eigenvalue weighted by atomic mass is 9.98. The topological polar surface area (TPSA) is 70.7 Å². The molecule has 19 heavy (non-hydrogen) atoms. The minimum Gasteiger partial charge on any atom is -0.382 e. The summed E-state index contributed by atoms with van der Waals surface area (Å²) in [6, 6.07) is 0. The lowest BCUT2D eigenvalue weighted by Crippen LogP contribution is -2.46. The van der Waals surface area contributed by atoms with Crippen LogP contribution in [-0.4, -0.2) is 59.2 Å². The van der Waals surface area contributed by atoms with Crippen molar-refractivity contribution >= 4 is 10.2 Å². The molecule has 0 atom stereocenters. The summed E-state index contributed by atoms with van der Waals surface area (Å²) in [4.78, 5) is 0. The SMILES string of the molecule is CCOCCCNS(=O)(=O)N1CCC(CNC)CC1. The second-order valence-electron chi connectivity index (χ2n) is 4.85. The zero-order valence-corrected chi connectivity index (χ0v) is 12.8. The van der Waals surface area contributed by atoms with E-state index in [0.29, 0.717) is 45.2 Å². The highest BCUT2D eigenvalue weighted by Crippen LogP contribution is 2.18. The van der Waals surface area contributed by atoms with Gasteiger partial charge in [0, 0.05) is 32.8 Å². The molecule has 114 valence electrons. The first-order valence-electron chi connectivity index (χ1n) is 7.07. The van der Waals surface area contributed by atoms with E-state index in [4.69, 9.17) is 4.74 Å². The van der Waals surface area contributed by atoms with Crippen LogP contribution >= 0.6 is 0 Å². The molecule has 0 aliphatic carbocycles. The Morgan fingerprint density at radius 3 is 2.58 bits per heavy atom. The molecule has 0 spiro atoms. The normalized spacial score (nSPS) is 18.8. The van der Waals surface area contributed by atoms with Gasteiger partial charge in [-0.2, -0.15) is 12.7 Å². The summed E-state index contributed by atoms with van der Waals surface area (Å²) in [5.41, 5.74) is 0. The van der Waals surface area contributed by atoms with Gasteiger partial charge in [0.2, 0.25) is 0 Å². The highest BCUT2D eigenvalue weighted by molar-refractivity contribution is 7.87. The largest absolute Gasteiger partial charge is 0.382 e. The summed E-state index contributed by atoms with van der Waals surface area (Å²) in [6.45, 7) is 5.85. The third-order valence-electron chi connectivity index (χ3n) is 3.36. The first-order chi connectivity index (χ1) is 9.10. The predicted octanol–water partition coefficient (Wildman–Crippen LogP) is 0.179. The summed E-state index contributed by atoms with van der Waals surface area (Å²) in [7, 11) is -1.37. The van der Waals surface area contributed by atoms with Gasteiger partial charge in [0.15, 0.2) is 0 Å². The average Bonchev–Trinajstić information content (AvgIpc) is 2.39. The van der Waals surface area contributed by atoms with Crippen LogP contribution in [0.25, 0.3) is 0 Å². The summed E-state index contributed by atoms with van der Waals surface area (Å²) < 4.78 is 33.5. The first kappa shape index (κ1) is 16.8. The molecule has 0 aromatic heterocycles. The Bertz CT molecular complexity index is 327. The fraction of sp³-hybridized carbons (Fsp3) is 1.00. The molecule has 1 saturated heterocycles. The number of hydrogen-bond acceptors (Lipinski definition) is 4. The molecular formula is C12H27N3O3S. The molecule has 2 N–H and O–H groups in total. The van der Waals surface area contributed by atoms with Gasteiger partial charge in [0.1, 0.15) is 0 Å². The standard InChI is InChI=1S/C12H27N3O3S/c1-3-18-10-4-7-14-19(16,17)15-8-5-12(6-9-15)11-13-2/h12-14H,3-11H2,1-2H3. The maximum Gasteiger partial charge on any atom is 0.279 e. The molecule has 0 aromatic carbocycles. The van der Waals surface area contributed by atoms with Crippen LogP contribution in [0.3, 0.4) is 0 Å². The second kappa shape index (κ2) is 8.86. The summed E-state index contributed by atoms with van der Waals surface area (Å²) >= 11 is 0. The summed E-state index contributed by atoms with van der Waals surface area (Å²) in [5, 5.41) is 3.15. The van der Waals surface area contributed by atoms with Gasteiger partial charge in [0.05, 0.1) is 0 Å². The molecule has 1 fully saturated rings. The van der Waals surface area contributed by atoms with Crippen LogP contribution in [0.2, 0.25) is 0 Å². The maximum atomic E-state index is 12.0. The van der Waals surface area contributed by atoms with Crippen molar-refractivity contribution in [1.29, 1.82) is 0 Å². The van der Waals surface area contributed by atoms with Gasteiger partial charge in [0.25, 0.3) is 10.2 Å². The van der Waals surface area contributed by atoms with E-state index in [1.807, 2.05) is 14.0 Å². The zero-order valence-electron chi connectivity index (χ0n) is 12.0. The number of piperidine rings is 1. The van der Waals surface area contributed by atoms with Gasteiger partial charge in [-0.15, -0.1) is 0 Å². The van der Waals surface area contributed by atoms with E-state index >= 15 is 0 Å². The monoisotopic (exact) mass is 293 g/mol. The summed E-state index contributed by atoms with van der Waals surface area (Å²) in [5.74, 6) is 0.592. The lowest BCUT2D eigenvalue weighted by Gasteiger charge is -2.31. The highest BCUT2D eigenvalue weighted by Gasteiger charge is 2.27. The third kappa shape index (κ3) is 6.18. The Hall–Kier alpha value is -0.210. The van der Waals surface area contributed by atoms with Crippen LogP contribution in [0.5, 0.6) is 0 Å². The van der Waals surface area contributed by atoms with Crippen molar-refractivity contribution in [2.45, 2.75) is 26.2 Å². The van der Waals surface area contributed by atoms with Crippen LogP contribution in [-0.2, 0) is 14.9 Å². The Morgan fingerprint density at radius 2 is 2.00 bits per heavy atom. The van der Waals surface area contributed by atoms with Crippen LogP contribution < -0.4 is 10.0 Å². The fourth-order valence-corrected chi connectivity index (χ4v) is 3.53. The Kier molecular flexibility index (Phi) is 7.86. The minimum absolute atomic E-state index is 0.443. The quantitative estimate of drug-likeness (QED) is 0.595. The molecule has 1 aliphatic heterocycles. The van der Waals surface area contributed by atoms with Gasteiger partial charge >= 0.3 is 0 Å². The molecule has 1 rings (SSSR count). The van der Waals surface area contributed by atoms with Crippen molar-refractivity contribution in [2.24, 2.45) is 5.92 Å². The van der Waals surface area contributed by atoms with Crippen LogP contribution in [0.15, 0.2) is 0 Å². The number of nitrogens with zero attached hydrogens (tertiary/aromatic N) is 1. The Balaban J connectivity index is 2.26. The van der Waals surface area contributed by atoms with E-state index in [0.717, 1.165) is 19.4 Å². The van der Waals surface area contributed by atoms with Crippen LogP contribution in [0, 0.1) is 5.92 Å². The molecule has 0 bridgehead atoms. The van der Waals surface area contributed by atoms with Crippen molar-refractivity contribution in [1.82, 2.24) is 14.3 Å². The number of nitrogens with one attached hydrogen (secondary N) is 2. The minimum atomic E-state index is -3.30. The van der Waals surface area contributed by atoms with Gasteiger partial charge in [-0.25, -0.2) is 4.72 Å². The van der Waals surface area contributed by atoms with Gasteiger partial charge in [-0.3, -0.25) is 0 Å². The third-order valence-corrected chi connectivity index (χ3v) is 4.97. The first-order valence-corrected chi connectivity index (χ1v) is 8.51. The number of hydrogen-bond donors (Lipinski definition) is 2. The number of ether oxygens (including phenoxy) is 1. The Morgan fingerprint density at radius 1 is 1.32 bits per heavy atom. The van der Waals surface area contributed by atoms with Crippen LogP contribution in [0.1, 0.15) is 26.2 Å². The van der Waals surface area contributed by atoms with E-state index in [-0.39, 0.29) is 0 Å². The van der Waals surface area contributed by atoms with E-state index in [2.05, 4.69) is 10.0 Å². The van der Waals surface area contributed by atoms with E-state index in [1.54, 1.807) is 4.31 Å². The lowest BCUT2D eigenvalue weighted by molar-refractivity contribution is 0.145. The molecule has 0 radical (unpaired) electrons. The molecular weight excluding hydrogens is 266 g/mol. The zero-order chi connectivity index (χ0) is 14.1. The van der Waals surface area contributed by atoms with Crippen molar-refractivity contribution in [3.63, 3.8) is 0 Å². The smallest absolute Gasteiger partial charge is 0.279 e. The molecule has 0 amide bonds. The maximum absolute atomic E-state index is 12.0. The van der Waals surface area contributed by atoms with E-state index in [9.17, 15) is 8.42 Å². The highest BCUT2D eigenvalue weighted by atomic mass is 32.2. The van der Waals surface area contributed by atoms with Crippen molar-refractivity contribution in [2.75, 3.05) is 46.4 Å². The molecule has 7 heteroatoms. The summed E-state index contributed by atoms with van der Waals surface area (Å²) in [6.07, 6.45) is 2.57. The van der Waals surface area contributed by atoms with Crippen molar-refractivity contribution in [3.05, 3.63) is 0 Å². The molecule has 1 heterocycles.